The first-order valence-electron chi connectivity index (χ1n) is 8.29. The summed E-state index contributed by atoms with van der Waals surface area (Å²) in [7, 11) is 1.61. The summed E-state index contributed by atoms with van der Waals surface area (Å²) in [6, 6.07) is 10.9. The predicted octanol–water partition coefficient (Wildman–Crippen LogP) is 4.13. The molecule has 0 amide bonds. The molecule has 0 radical (unpaired) electrons. The van der Waals surface area contributed by atoms with E-state index < -0.39 is 5.97 Å². The van der Waals surface area contributed by atoms with Gasteiger partial charge in [-0.15, -0.1) is 21.5 Å². The molecule has 1 aromatic carbocycles. The van der Waals surface area contributed by atoms with Crippen LogP contribution in [0, 0.1) is 6.92 Å². The summed E-state index contributed by atoms with van der Waals surface area (Å²) in [5.74, 6) is 1.12. The van der Waals surface area contributed by atoms with Gasteiger partial charge in [0.15, 0.2) is 12.4 Å². The molecule has 0 atom stereocenters. The summed E-state index contributed by atoms with van der Waals surface area (Å²) in [4.78, 5) is 17.3. The van der Waals surface area contributed by atoms with Gasteiger partial charge < -0.3 is 18.3 Å². The van der Waals surface area contributed by atoms with Gasteiger partial charge in [0.25, 0.3) is 11.8 Å². The van der Waals surface area contributed by atoms with Crippen LogP contribution in [0.25, 0.3) is 22.2 Å². The lowest BCUT2D eigenvalue weighted by Gasteiger charge is -2.00. The summed E-state index contributed by atoms with van der Waals surface area (Å²) in [6.45, 7) is 1.63. The molecule has 0 N–H and O–H groups in total. The van der Waals surface area contributed by atoms with Crippen molar-refractivity contribution < 1.29 is 23.1 Å². The predicted molar refractivity (Wildman–Crippen MR) is 100.0 cm³/mol. The Morgan fingerprint density at radius 2 is 2.00 bits per heavy atom. The number of ether oxygens (including phenoxy) is 2. The lowest BCUT2D eigenvalue weighted by molar-refractivity contribution is 0.0443. The third-order valence-corrected chi connectivity index (χ3v) is 5.03. The quantitative estimate of drug-likeness (QED) is 0.448. The van der Waals surface area contributed by atoms with Gasteiger partial charge in [0, 0.05) is 5.56 Å². The summed E-state index contributed by atoms with van der Waals surface area (Å²) < 4.78 is 21.1. The van der Waals surface area contributed by atoms with Crippen LogP contribution in [0.5, 0.6) is 5.75 Å². The minimum absolute atomic E-state index is 0.137. The van der Waals surface area contributed by atoms with Gasteiger partial charge in [-0.25, -0.2) is 9.78 Å². The normalized spacial score (nSPS) is 10.8. The number of thiazole rings is 1. The highest BCUT2D eigenvalue weighted by Crippen LogP contribution is 2.30. The SMILES string of the molecule is COc1ccc(-c2nc(C)c(C(=O)OCc3nnc(-c4ccco4)o3)s2)cc1. The molecule has 3 heterocycles. The summed E-state index contributed by atoms with van der Waals surface area (Å²) in [5.41, 5.74) is 1.50. The van der Waals surface area contributed by atoms with E-state index in [9.17, 15) is 4.79 Å². The molecule has 9 heteroatoms. The van der Waals surface area contributed by atoms with E-state index in [1.807, 2.05) is 24.3 Å². The molecule has 0 unspecified atom stereocenters. The number of carbonyl (C=O) groups excluding carboxylic acids is 1. The van der Waals surface area contributed by atoms with Gasteiger partial charge >= 0.3 is 5.97 Å². The van der Waals surface area contributed by atoms with Crippen LogP contribution < -0.4 is 4.74 Å². The number of rotatable bonds is 6. The van der Waals surface area contributed by atoms with Crippen LogP contribution in [0.3, 0.4) is 0 Å². The molecule has 142 valence electrons. The Morgan fingerprint density at radius 1 is 1.18 bits per heavy atom. The molecule has 0 spiro atoms. The number of hydrogen-bond acceptors (Lipinski definition) is 9. The number of benzene rings is 1. The number of carbonyl (C=O) groups is 1. The Kier molecular flexibility index (Phi) is 4.90. The van der Waals surface area contributed by atoms with E-state index in [-0.39, 0.29) is 18.4 Å². The van der Waals surface area contributed by atoms with Gasteiger partial charge in [-0.2, -0.15) is 0 Å². The van der Waals surface area contributed by atoms with Crippen molar-refractivity contribution in [2.24, 2.45) is 0 Å². The smallest absolute Gasteiger partial charge is 0.350 e. The number of hydrogen-bond donors (Lipinski definition) is 0. The highest BCUT2D eigenvalue weighted by molar-refractivity contribution is 7.17. The zero-order valence-corrected chi connectivity index (χ0v) is 15.9. The van der Waals surface area contributed by atoms with Gasteiger partial charge in [0.2, 0.25) is 0 Å². The number of furan rings is 1. The molecule has 0 aliphatic heterocycles. The molecule has 4 aromatic rings. The van der Waals surface area contributed by atoms with Gasteiger partial charge in [0.1, 0.15) is 15.6 Å². The van der Waals surface area contributed by atoms with E-state index in [1.165, 1.54) is 17.6 Å². The molecule has 0 saturated carbocycles. The monoisotopic (exact) mass is 397 g/mol. The van der Waals surface area contributed by atoms with Crippen molar-refractivity contribution in [3.63, 3.8) is 0 Å². The Balaban J connectivity index is 1.44. The average molecular weight is 397 g/mol. The maximum absolute atomic E-state index is 12.4. The number of aryl methyl sites for hydroxylation is 1. The molecule has 0 fully saturated rings. The molecule has 3 aromatic heterocycles. The lowest BCUT2D eigenvalue weighted by Crippen LogP contribution is -2.05. The third-order valence-electron chi connectivity index (χ3n) is 3.84. The third kappa shape index (κ3) is 3.65. The number of methoxy groups -OCH3 is 1. The van der Waals surface area contributed by atoms with Gasteiger partial charge in [-0.3, -0.25) is 0 Å². The molecule has 0 aliphatic carbocycles. The highest BCUT2D eigenvalue weighted by atomic mass is 32.1. The average Bonchev–Trinajstić information content (AvgIpc) is 3.46. The second-order valence-electron chi connectivity index (χ2n) is 5.72. The van der Waals surface area contributed by atoms with Crippen molar-refractivity contribution in [1.29, 1.82) is 0 Å². The van der Waals surface area contributed by atoms with Crippen molar-refractivity contribution in [3.05, 3.63) is 59.1 Å². The van der Waals surface area contributed by atoms with E-state index in [0.717, 1.165) is 16.3 Å². The lowest BCUT2D eigenvalue weighted by atomic mass is 10.2. The van der Waals surface area contributed by atoms with E-state index in [1.54, 1.807) is 26.2 Å². The van der Waals surface area contributed by atoms with Crippen molar-refractivity contribution >= 4 is 17.3 Å². The first-order chi connectivity index (χ1) is 13.6. The van der Waals surface area contributed by atoms with Crippen LogP contribution in [-0.4, -0.2) is 28.3 Å². The van der Waals surface area contributed by atoms with Crippen LogP contribution in [-0.2, 0) is 11.3 Å². The van der Waals surface area contributed by atoms with Crippen LogP contribution in [0.4, 0.5) is 0 Å². The van der Waals surface area contributed by atoms with Crippen LogP contribution in [0.2, 0.25) is 0 Å². The number of esters is 1. The highest BCUT2D eigenvalue weighted by Gasteiger charge is 2.19. The van der Waals surface area contributed by atoms with Crippen molar-refractivity contribution in [2.75, 3.05) is 7.11 Å². The second-order valence-corrected chi connectivity index (χ2v) is 6.72. The molecular weight excluding hydrogens is 382 g/mol. The van der Waals surface area contributed by atoms with Crippen LogP contribution >= 0.6 is 11.3 Å². The van der Waals surface area contributed by atoms with Gasteiger partial charge in [-0.1, -0.05) is 0 Å². The minimum Gasteiger partial charge on any atom is -0.497 e. The maximum atomic E-state index is 12.4. The van der Waals surface area contributed by atoms with E-state index in [0.29, 0.717) is 16.3 Å². The summed E-state index contributed by atoms with van der Waals surface area (Å²) in [5, 5.41) is 8.44. The first-order valence-corrected chi connectivity index (χ1v) is 9.11. The fourth-order valence-corrected chi connectivity index (χ4v) is 3.41. The fourth-order valence-electron chi connectivity index (χ4n) is 2.45. The molecule has 0 bridgehead atoms. The number of aromatic nitrogens is 3. The largest absolute Gasteiger partial charge is 0.497 e. The van der Waals surface area contributed by atoms with E-state index in [4.69, 9.17) is 18.3 Å². The van der Waals surface area contributed by atoms with Gasteiger partial charge in [-0.05, 0) is 43.3 Å². The summed E-state index contributed by atoms with van der Waals surface area (Å²) >= 11 is 1.26. The zero-order valence-electron chi connectivity index (χ0n) is 15.0. The Labute approximate surface area is 163 Å². The molecule has 0 saturated heterocycles. The standard InChI is InChI=1S/C19H15N3O5S/c1-11-16(28-18(20-11)12-5-7-13(24-2)8-6-12)19(23)26-10-15-21-22-17(27-15)14-4-3-9-25-14/h3-9H,10H2,1-2H3. The first kappa shape index (κ1) is 17.9. The molecule has 0 aliphatic rings. The molecular formula is C19H15N3O5S. The number of nitrogens with zero attached hydrogens (tertiary/aromatic N) is 3. The maximum Gasteiger partial charge on any atom is 0.350 e. The van der Waals surface area contributed by atoms with E-state index >= 15 is 0 Å². The van der Waals surface area contributed by atoms with Gasteiger partial charge in [0.05, 0.1) is 19.1 Å². The van der Waals surface area contributed by atoms with Crippen molar-refractivity contribution in [1.82, 2.24) is 15.2 Å². The Morgan fingerprint density at radius 3 is 2.71 bits per heavy atom. The molecule has 28 heavy (non-hydrogen) atoms. The van der Waals surface area contributed by atoms with Crippen molar-refractivity contribution in [2.45, 2.75) is 13.5 Å². The van der Waals surface area contributed by atoms with Crippen LogP contribution in [0.1, 0.15) is 21.3 Å². The molecule has 8 nitrogen and oxygen atoms in total. The topological polar surface area (TPSA) is 100 Å². The Bertz CT molecular complexity index is 1080. The van der Waals surface area contributed by atoms with Crippen LogP contribution in [0.15, 0.2) is 51.5 Å². The van der Waals surface area contributed by atoms with E-state index in [2.05, 4.69) is 15.2 Å². The zero-order chi connectivity index (χ0) is 19.5. The summed E-state index contributed by atoms with van der Waals surface area (Å²) in [6.07, 6.45) is 1.51. The molecule has 4 rings (SSSR count). The Hall–Kier alpha value is -3.46. The second kappa shape index (κ2) is 7.65. The fraction of sp³-hybridized carbons (Fsp3) is 0.158. The minimum atomic E-state index is -0.493. The van der Waals surface area contributed by atoms with Crippen molar-refractivity contribution in [3.8, 4) is 28.0 Å².